The molecule has 0 amide bonds. The van der Waals surface area contributed by atoms with Crippen LogP contribution >= 0.6 is 11.6 Å². The quantitative estimate of drug-likeness (QED) is 0.706. The van der Waals surface area contributed by atoms with Crippen LogP contribution in [0.25, 0.3) is 0 Å². The summed E-state index contributed by atoms with van der Waals surface area (Å²) in [5.74, 6) is 1.59. The first-order chi connectivity index (χ1) is 6.46. The Morgan fingerprint density at radius 1 is 1.36 bits per heavy atom. The van der Waals surface area contributed by atoms with Gasteiger partial charge in [0.05, 0.1) is 5.75 Å². The number of hydrogen-bond acceptors (Lipinski definition) is 2. The SMILES string of the molecule is CCS(=O)(=O)CCC1CCC(Cl)C1C. The standard InChI is InChI=1S/C10H19ClO2S/c1-3-14(12,13)7-6-9-4-5-10(11)8(9)2/h8-10H,3-7H2,1-2H3. The van der Waals surface area contributed by atoms with Gasteiger partial charge in [-0.1, -0.05) is 13.8 Å². The third kappa shape index (κ3) is 3.13. The van der Waals surface area contributed by atoms with Crippen molar-refractivity contribution >= 4 is 21.4 Å². The van der Waals surface area contributed by atoms with Gasteiger partial charge in [0.2, 0.25) is 0 Å². The minimum atomic E-state index is -2.79. The van der Waals surface area contributed by atoms with Gasteiger partial charge < -0.3 is 0 Å². The summed E-state index contributed by atoms with van der Waals surface area (Å²) in [6, 6.07) is 0. The fourth-order valence-electron chi connectivity index (χ4n) is 2.08. The molecule has 3 atom stereocenters. The molecule has 0 spiro atoms. The molecule has 0 aromatic heterocycles. The van der Waals surface area contributed by atoms with Crippen molar-refractivity contribution in [3.63, 3.8) is 0 Å². The Balaban J connectivity index is 2.40. The van der Waals surface area contributed by atoms with Gasteiger partial charge in [-0.25, -0.2) is 8.42 Å². The molecule has 1 rings (SSSR count). The zero-order valence-corrected chi connectivity index (χ0v) is 10.4. The van der Waals surface area contributed by atoms with Gasteiger partial charge in [-0.2, -0.15) is 0 Å². The van der Waals surface area contributed by atoms with Crippen LogP contribution in [0.15, 0.2) is 0 Å². The van der Waals surface area contributed by atoms with Crippen molar-refractivity contribution in [2.75, 3.05) is 11.5 Å². The van der Waals surface area contributed by atoms with E-state index in [2.05, 4.69) is 6.92 Å². The maximum Gasteiger partial charge on any atom is 0.150 e. The predicted molar refractivity (Wildman–Crippen MR) is 60.5 cm³/mol. The lowest BCUT2D eigenvalue weighted by Gasteiger charge is -2.16. The molecule has 2 nitrogen and oxygen atoms in total. The molecule has 1 fully saturated rings. The van der Waals surface area contributed by atoms with Crippen LogP contribution in [0.3, 0.4) is 0 Å². The van der Waals surface area contributed by atoms with Crippen molar-refractivity contribution in [3.8, 4) is 0 Å². The molecule has 0 aromatic carbocycles. The van der Waals surface area contributed by atoms with Crippen molar-refractivity contribution in [2.24, 2.45) is 11.8 Å². The zero-order chi connectivity index (χ0) is 10.8. The van der Waals surface area contributed by atoms with E-state index in [1.165, 1.54) is 0 Å². The largest absolute Gasteiger partial charge is 0.229 e. The summed E-state index contributed by atoms with van der Waals surface area (Å²) in [5.41, 5.74) is 0. The molecule has 0 N–H and O–H groups in total. The van der Waals surface area contributed by atoms with Crippen LogP contribution in [-0.4, -0.2) is 25.3 Å². The molecule has 0 aliphatic heterocycles. The summed E-state index contributed by atoms with van der Waals surface area (Å²) in [6.45, 7) is 3.84. The molecular formula is C10H19ClO2S. The molecule has 0 bridgehead atoms. The van der Waals surface area contributed by atoms with Crippen molar-refractivity contribution in [1.82, 2.24) is 0 Å². The van der Waals surface area contributed by atoms with E-state index in [0.29, 0.717) is 17.6 Å². The zero-order valence-electron chi connectivity index (χ0n) is 8.87. The first kappa shape index (κ1) is 12.3. The van der Waals surface area contributed by atoms with Crippen LogP contribution in [0.1, 0.15) is 33.1 Å². The summed E-state index contributed by atoms with van der Waals surface area (Å²) in [4.78, 5) is 0. The van der Waals surface area contributed by atoms with Crippen LogP contribution in [0.5, 0.6) is 0 Å². The van der Waals surface area contributed by atoms with E-state index in [1.54, 1.807) is 6.92 Å². The maximum absolute atomic E-state index is 11.3. The van der Waals surface area contributed by atoms with Gasteiger partial charge in [0, 0.05) is 11.1 Å². The van der Waals surface area contributed by atoms with E-state index in [-0.39, 0.29) is 11.1 Å². The number of sulfone groups is 1. The lowest BCUT2D eigenvalue weighted by Crippen LogP contribution is -2.16. The topological polar surface area (TPSA) is 34.1 Å². The van der Waals surface area contributed by atoms with Crippen LogP contribution in [0, 0.1) is 11.8 Å². The van der Waals surface area contributed by atoms with Gasteiger partial charge in [-0.15, -0.1) is 11.6 Å². The number of alkyl halides is 1. The van der Waals surface area contributed by atoms with Gasteiger partial charge in [0.25, 0.3) is 0 Å². The summed E-state index contributed by atoms with van der Waals surface area (Å²) in [5, 5.41) is 0.254. The van der Waals surface area contributed by atoms with Gasteiger partial charge in [-0.3, -0.25) is 0 Å². The Hall–Kier alpha value is 0.240. The highest BCUT2D eigenvalue weighted by Gasteiger charge is 2.31. The van der Waals surface area contributed by atoms with Gasteiger partial charge in [-0.05, 0) is 31.1 Å². The molecule has 0 saturated heterocycles. The summed E-state index contributed by atoms with van der Waals surface area (Å²) < 4.78 is 22.6. The fraction of sp³-hybridized carbons (Fsp3) is 1.00. The van der Waals surface area contributed by atoms with E-state index in [9.17, 15) is 8.42 Å². The lowest BCUT2D eigenvalue weighted by molar-refractivity contribution is 0.409. The second kappa shape index (κ2) is 4.84. The highest BCUT2D eigenvalue weighted by Crippen LogP contribution is 2.37. The Morgan fingerprint density at radius 3 is 2.43 bits per heavy atom. The van der Waals surface area contributed by atoms with Crippen LogP contribution in [0.2, 0.25) is 0 Å². The van der Waals surface area contributed by atoms with E-state index >= 15 is 0 Å². The summed E-state index contributed by atoms with van der Waals surface area (Å²) in [7, 11) is -2.79. The Bertz CT molecular complexity index is 274. The Kier molecular flexibility index (Phi) is 4.26. The Labute approximate surface area is 91.9 Å². The molecule has 0 heterocycles. The van der Waals surface area contributed by atoms with Crippen molar-refractivity contribution in [2.45, 2.75) is 38.5 Å². The first-order valence-electron chi connectivity index (χ1n) is 5.30. The molecule has 4 heteroatoms. The lowest BCUT2D eigenvalue weighted by atomic mass is 9.95. The van der Waals surface area contributed by atoms with Gasteiger partial charge >= 0.3 is 0 Å². The van der Waals surface area contributed by atoms with Crippen LogP contribution in [0.4, 0.5) is 0 Å². The van der Waals surface area contributed by atoms with Gasteiger partial charge in [0.15, 0.2) is 0 Å². The minimum absolute atomic E-state index is 0.254. The van der Waals surface area contributed by atoms with Crippen molar-refractivity contribution < 1.29 is 8.42 Å². The predicted octanol–water partition coefficient (Wildman–Crippen LogP) is 2.46. The summed E-state index contributed by atoms with van der Waals surface area (Å²) >= 11 is 6.09. The molecule has 84 valence electrons. The molecule has 1 aliphatic carbocycles. The smallest absolute Gasteiger partial charge is 0.150 e. The third-order valence-corrected chi connectivity index (χ3v) is 5.72. The van der Waals surface area contributed by atoms with E-state index in [0.717, 1.165) is 19.3 Å². The molecule has 14 heavy (non-hydrogen) atoms. The highest BCUT2D eigenvalue weighted by molar-refractivity contribution is 7.91. The third-order valence-electron chi connectivity index (χ3n) is 3.37. The first-order valence-corrected chi connectivity index (χ1v) is 7.56. The second-order valence-electron chi connectivity index (χ2n) is 4.24. The molecule has 0 radical (unpaired) electrons. The van der Waals surface area contributed by atoms with Crippen LogP contribution < -0.4 is 0 Å². The average molecular weight is 239 g/mol. The number of hydrogen-bond donors (Lipinski definition) is 0. The minimum Gasteiger partial charge on any atom is -0.229 e. The Morgan fingerprint density at radius 2 is 2.00 bits per heavy atom. The average Bonchev–Trinajstić information content (AvgIpc) is 2.45. The normalized spacial score (nSPS) is 33.5. The second-order valence-corrected chi connectivity index (χ2v) is 7.27. The highest BCUT2D eigenvalue weighted by atomic mass is 35.5. The van der Waals surface area contributed by atoms with E-state index in [4.69, 9.17) is 11.6 Å². The van der Waals surface area contributed by atoms with E-state index < -0.39 is 9.84 Å². The molecular weight excluding hydrogens is 220 g/mol. The monoisotopic (exact) mass is 238 g/mol. The van der Waals surface area contributed by atoms with Crippen molar-refractivity contribution in [3.05, 3.63) is 0 Å². The number of halogens is 1. The molecule has 3 unspecified atom stereocenters. The van der Waals surface area contributed by atoms with Crippen LogP contribution in [-0.2, 0) is 9.84 Å². The van der Waals surface area contributed by atoms with Crippen molar-refractivity contribution in [1.29, 1.82) is 0 Å². The van der Waals surface area contributed by atoms with E-state index in [1.807, 2.05) is 0 Å². The molecule has 0 aromatic rings. The molecule has 1 aliphatic rings. The molecule has 1 saturated carbocycles. The number of rotatable bonds is 4. The maximum atomic E-state index is 11.3. The summed E-state index contributed by atoms with van der Waals surface area (Å²) in [6.07, 6.45) is 2.93. The fourth-order valence-corrected chi connectivity index (χ4v) is 3.36. The van der Waals surface area contributed by atoms with Gasteiger partial charge in [0.1, 0.15) is 9.84 Å².